The lowest BCUT2D eigenvalue weighted by Gasteiger charge is -2.29. The summed E-state index contributed by atoms with van der Waals surface area (Å²) < 4.78 is 13.6. The average molecular weight is 512 g/mol. The molecule has 0 atom stereocenters. The van der Waals surface area contributed by atoms with Crippen LogP contribution >= 0.6 is 11.3 Å². The minimum Gasteiger partial charge on any atom is -0.489 e. The molecule has 0 unspecified atom stereocenters. The molecule has 0 N–H and O–H groups in total. The lowest BCUT2D eigenvalue weighted by molar-refractivity contribution is 0.0585. The number of aromatic nitrogens is 2. The summed E-state index contributed by atoms with van der Waals surface area (Å²) in [5.41, 5.74) is 2.72. The largest absolute Gasteiger partial charge is 0.489 e. The van der Waals surface area contributed by atoms with Crippen molar-refractivity contribution in [3.05, 3.63) is 50.7 Å². The molecule has 7 nitrogen and oxygen atoms in total. The lowest BCUT2D eigenvalue weighted by Crippen LogP contribution is -2.38. The highest BCUT2D eigenvalue weighted by Crippen LogP contribution is 2.36. The van der Waals surface area contributed by atoms with Crippen molar-refractivity contribution in [3.63, 3.8) is 0 Å². The van der Waals surface area contributed by atoms with E-state index in [0.29, 0.717) is 35.5 Å². The lowest BCUT2D eigenvalue weighted by atomic mass is 10.1. The minimum absolute atomic E-state index is 0.165. The topological polar surface area (TPSA) is 73.7 Å². The van der Waals surface area contributed by atoms with E-state index in [-0.39, 0.29) is 11.5 Å². The Balaban J connectivity index is 2.25. The summed E-state index contributed by atoms with van der Waals surface area (Å²) >= 11 is 1.54. The minimum atomic E-state index is -0.678. The Kier molecular flexibility index (Phi) is 8.95. The molecule has 3 aromatic rings. The maximum atomic E-state index is 13.7. The molecule has 2 heterocycles. The average Bonchev–Trinajstić information content (AvgIpc) is 3.32. The first-order chi connectivity index (χ1) is 17.0. The molecule has 1 aromatic carbocycles. The van der Waals surface area contributed by atoms with Crippen LogP contribution in [0.4, 0.5) is 10.6 Å². The maximum Gasteiger partial charge on any atom is 0.415 e. The van der Waals surface area contributed by atoms with E-state index in [0.717, 1.165) is 24.1 Å². The van der Waals surface area contributed by atoms with Crippen LogP contribution in [0.2, 0.25) is 0 Å². The maximum absolute atomic E-state index is 13.7. The second-order valence-electron chi connectivity index (χ2n) is 10.3. The SMILES string of the molecule is CCCCOc1c(N(C)C(=O)OC(C)(C)C)n(CC(C)C)c(=O)c2ccc(/C=C/c3cscn3)cc12. The third-order valence-corrected chi connectivity index (χ3v) is 6.00. The van der Waals surface area contributed by atoms with E-state index < -0.39 is 11.7 Å². The number of nitrogens with zero attached hydrogens (tertiary/aromatic N) is 3. The smallest absolute Gasteiger partial charge is 0.415 e. The Morgan fingerprint density at radius 3 is 2.58 bits per heavy atom. The van der Waals surface area contributed by atoms with Gasteiger partial charge >= 0.3 is 6.09 Å². The van der Waals surface area contributed by atoms with E-state index in [4.69, 9.17) is 9.47 Å². The first-order valence-electron chi connectivity index (χ1n) is 12.4. The van der Waals surface area contributed by atoms with Gasteiger partial charge < -0.3 is 9.47 Å². The highest BCUT2D eigenvalue weighted by atomic mass is 32.1. The number of thiazole rings is 1. The number of amides is 1. The van der Waals surface area contributed by atoms with Crippen molar-refractivity contribution in [1.29, 1.82) is 0 Å². The van der Waals surface area contributed by atoms with Crippen molar-refractivity contribution in [2.45, 2.75) is 66.5 Å². The van der Waals surface area contributed by atoms with Crippen molar-refractivity contribution in [1.82, 2.24) is 9.55 Å². The molecule has 0 bridgehead atoms. The molecule has 8 heteroatoms. The molecule has 0 saturated carbocycles. The molecule has 0 spiro atoms. The zero-order valence-corrected chi connectivity index (χ0v) is 23.1. The number of benzene rings is 1. The van der Waals surface area contributed by atoms with Gasteiger partial charge in [-0.05, 0) is 56.9 Å². The van der Waals surface area contributed by atoms with Gasteiger partial charge in [0.15, 0.2) is 11.6 Å². The van der Waals surface area contributed by atoms with Gasteiger partial charge in [0.1, 0.15) is 5.60 Å². The molecular formula is C28H37N3O4S. The van der Waals surface area contributed by atoms with Crippen LogP contribution < -0.4 is 15.2 Å². The zero-order chi connectivity index (χ0) is 26.5. The van der Waals surface area contributed by atoms with Gasteiger partial charge in [-0.3, -0.25) is 14.3 Å². The van der Waals surface area contributed by atoms with Crippen LogP contribution in [-0.4, -0.2) is 34.9 Å². The number of hydrogen-bond acceptors (Lipinski definition) is 6. The van der Waals surface area contributed by atoms with E-state index in [1.165, 1.54) is 16.2 Å². The molecule has 36 heavy (non-hydrogen) atoms. The van der Waals surface area contributed by atoms with E-state index in [1.807, 2.05) is 70.3 Å². The summed E-state index contributed by atoms with van der Waals surface area (Å²) in [6.45, 7) is 12.5. The van der Waals surface area contributed by atoms with Crippen LogP contribution in [0.1, 0.15) is 65.6 Å². The predicted molar refractivity (Wildman–Crippen MR) is 149 cm³/mol. The molecule has 0 saturated heterocycles. The van der Waals surface area contributed by atoms with Crippen LogP contribution in [0, 0.1) is 5.92 Å². The van der Waals surface area contributed by atoms with Crippen molar-refractivity contribution < 1.29 is 14.3 Å². The van der Waals surface area contributed by atoms with Crippen LogP contribution in [0.25, 0.3) is 22.9 Å². The van der Waals surface area contributed by atoms with E-state index in [2.05, 4.69) is 11.9 Å². The van der Waals surface area contributed by atoms with E-state index >= 15 is 0 Å². The molecule has 1 amide bonds. The predicted octanol–water partition coefficient (Wildman–Crippen LogP) is 6.83. The number of rotatable bonds is 9. The van der Waals surface area contributed by atoms with Crippen molar-refractivity contribution >= 4 is 46.2 Å². The summed E-state index contributed by atoms with van der Waals surface area (Å²) in [5, 5.41) is 3.19. The summed E-state index contributed by atoms with van der Waals surface area (Å²) in [7, 11) is 1.63. The number of anilines is 1. The Hall–Kier alpha value is -3.13. The van der Waals surface area contributed by atoms with Crippen LogP contribution in [0.15, 0.2) is 33.9 Å². The highest BCUT2D eigenvalue weighted by Gasteiger charge is 2.28. The summed E-state index contributed by atoms with van der Waals surface area (Å²) in [6, 6.07) is 5.69. The quantitative estimate of drug-likeness (QED) is 0.294. The molecule has 0 aliphatic heterocycles. The van der Waals surface area contributed by atoms with Crippen molar-refractivity contribution in [2.24, 2.45) is 5.92 Å². The molecule has 0 aliphatic carbocycles. The third-order valence-electron chi connectivity index (χ3n) is 5.40. The third kappa shape index (κ3) is 6.75. The second-order valence-corrected chi connectivity index (χ2v) is 11.0. The summed E-state index contributed by atoms with van der Waals surface area (Å²) in [6.07, 6.45) is 5.16. The summed E-state index contributed by atoms with van der Waals surface area (Å²) in [5.74, 6) is 1.10. The van der Waals surface area contributed by atoms with Crippen LogP contribution in [-0.2, 0) is 11.3 Å². The van der Waals surface area contributed by atoms with Gasteiger partial charge in [-0.1, -0.05) is 39.3 Å². The first kappa shape index (κ1) is 27.5. The normalized spacial score (nSPS) is 12.0. The molecule has 0 radical (unpaired) electrons. The number of unbranched alkanes of at least 4 members (excludes halogenated alkanes) is 1. The standard InChI is InChI=1S/C28H37N3O4S/c1-8-9-14-34-24-23-15-20(10-12-21-17-36-18-29-21)11-13-22(23)26(32)31(16-19(2)3)25(24)30(7)27(33)35-28(4,5)6/h10-13,15,17-19H,8-9,14,16H2,1-7H3/b12-10+. The Bertz CT molecular complexity index is 1270. The van der Waals surface area contributed by atoms with Gasteiger partial charge in [0.25, 0.3) is 5.56 Å². The highest BCUT2D eigenvalue weighted by molar-refractivity contribution is 7.07. The second kappa shape index (κ2) is 11.7. The number of fused-ring (bicyclic) bond motifs is 1. The van der Waals surface area contributed by atoms with Gasteiger partial charge in [0.2, 0.25) is 0 Å². The fourth-order valence-electron chi connectivity index (χ4n) is 3.76. The Labute approximate surface area is 217 Å². The van der Waals surface area contributed by atoms with Gasteiger partial charge in [-0.25, -0.2) is 9.78 Å². The molecule has 0 fully saturated rings. The fraction of sp³-hybridized carbons (Fsp3) is 0.464. The number of pyridine rings is 1. The molecular weight excluding hydrogens is 474 g/mol. The van der Waals surface area contributed by atoms with E-state index in [9.17, 15) is 9.59 Å². The zero-order valence-electron chi connectivity index (χ0n) is 22.3. The Morgan fingerprint density at radius 1 is 1.22 bits per heavy atom. The number of ether oxygens (including phenoxy) is 2. The Morgan fingerprint density at radius 2 is 1.97 bits per heavy atom. The van der Waals surface area contributed by atoms with Crippen molar-refractivity contribution in [2.75, 3.05) is 18.6 Å². The number of carbonyl (C=O) groups is 1. The van der Waals surface area contributed by atoms with Gasteiger partial charge in [-0.2, -0.15) is 0 Å². The molecule has 0 aliphatic rings. The molecule has 194 valence electrons. The van der Waals surface area contributed by atoms with Gasteiger partial charge in [0, 0.05) is 24.4 Å². The van der Waals surface area contributed by atoms with Gasteiger partial charge in [0.05, 0.1) is 23.2 Å². The number of carbonyl (C=O) groups excluding carboxylic acids is 1. The van der Waals surface area contributed by atoms with Crippen LogP contribution in [0.3, 0.4) is 0 Å². The molecule has 3 rings (SSSR count). The van der Waals surface area contributed by atoms with Crippen molar-refractivity contribution in [3.8, 4) is 5.75 Å². The fourth-order valence-corrected chi connectivity index (χ4v) is 4.28. The van der Waals surface area contributed by atoms with Crippen LogP contribution in [0.5, 0.6) is 5.75 Å². The number of hydrogen-bond donors (Lipinski definition) is 0. The van der Waals surface area contributed by atoms with Gasteiger partial charge in [-0.15, -0.1) is 11.3 Å². The van der Waals surface area contributed by atoms with E-state index in [1.54, 1.807) is 17.1 Å². The monoisotopic (exact) mass is 511 g/mol. The molecule has 2 aromatic heterocycles. The first-order valence-corrected chi connectivity index (χ1v) is 13.3. The summed E-state index contributed by atoms with van der Waals surface area (Å²) in [4.78, 5) is 32.6.